The Morgan fingerprint density at radius 2 is 1.90 bits per heavy atom. The van der Waals surface area contributed by atoms with Crippen LogP contribution in [0, 0.1) is 0 Å². The van der Waals surface area contributed by atoms with Gasteiger partial charge in [-0.1, -0.05) is 28.1 Å². The molecular formula is C14H22BrN3O2S. The number of hydrogen-bond acceptors (Lipinski definition) is 4. The zero-order chi connectivity index (χ0) is 15.5. The highest BCUT2D eigenvalue weighted by molar-refractivity contribution is 9.10. The van der Waals surface area contributed by atoms with Crippen molar-refractivity contribution in [3.05, 3.63) is 33.8 Å². The summed E-state index contributed by atoms with van der Waals surface area (Å²) < 4.78 is 25.7. The predicted molar refractivity (Wildman–Crippen MR) is 88.6 cm³/mol. The van der Waals surface area contributed by atoms with Crippen LogP contribution in [-0.4, -0.2) is 57.1 Å². The molecule has 1 N–H and O–H groups in total. The molecule has 1 saturated heterocycles. The predicted octanol–water partition coefficient (Wildman–Crippen LogP) is 1.25. The Kier molecular flexibility index (Phi) is 5.79. The molecule has 1 aromatic carbocycles. The van der Waals surface area contributed by atoms with Crippen molar-refractivity contribution < 1.29 is 8.42 Å². The van der Waals surface area contributed by atoms with E-state index in [0.717, 1.165) is 30.7 Å². The molecule has 0 saturated carbocycles. The van der Waals surface area contributed by atoms with E-state index in [1.807, 2.05) is 7.05 Å². The van der Waals surface area contributed by atoms with E-state index in [9.17, 15) is 8.42 Å². The molecule has 0 atom stereocenters. The van der Waals surface area contributed by atoms with Crippen LogP contribution in [0.15, 0.2) is 22.7 Å². The lowest BCUT2D eigenvalue weighted by atomic mass is 10.1. The van der Waals surface area contributed by atoms with Crippen molar-refractivity contribution in [2.24, 2.45) is 0 Å². The number of benzene rings is 1. The summed E-state index contributed by atoms with van der Waals surface area (Å²) in [7, 11) is -1.12. The molecule has 118 valence electrons. The minimum atomic E-state index is -3.05. The fraction of sp³-hybridized carbons (Fsp3) is 0.571. The second-order valence-corrected chi connectivity index (χ2v) is 8.23. The van der Waals surface area contributed by atoms with E-state index in [1.54, 1.807) is 4.31 Å². The molecule has 7 heteroatoms. The van der Waals surface area contributed by atoms with Gasteiger partial charge in [-0.3, -0.25) is 4.90 Å². The maximum absolute atomic E-state index is 11.5. The van der Waals surface area contributed by atoms with Crippen molar-refractivity contribution in [3.63, 3.8) is 0 Å². The van der Waals surface area contributed by atoms with Crippen LogP contribution < -0.4 is 5.32 Å². The minimum Gasteiger partial charge on any atom is -0.316 e. The van der Waals surface area contributed by atoms with Gasteiger partial charge < -0.3 is 5.32 Å². The molecule has 5 nitrogen and oxygen atoms in total. The van der Waals surface area contributed by atoms with Crippen LogP contribution in [0.2, 0.25) is 0 Å². The van der Waals surface area contributed by atoms with Gasteiger partial charge in [-0.2, -0.15) is 4.31 Å². The van der Waals surface area contributed by atoms with Crippen molar-refractivity contribution in [2.45, 2.75) is 13.1 Å². The summed E-state index contributed by atoms with van der Waals surface area (Å²) in [5.41, 5.74) is 2.48. The molecule has 0 amide bonds. The molecule has 1 aliphatic heterocycles. The summed E-state index contributed by atoms with van der Waals surface area (Å²) >= 11 is 3.63. The van der Waals surface area contributed by atoms with Crippen LogP contribution in [-0.2, 0) is 23.1 Å². The summed E-state index contributed by atoms with van der Waals surface area (Å²) in [5, 5.41) is 3.14. The summed E-state index contributed by atoms with van der Waals surface area (Å²) in [6.07, 6.45) is 1.28. The standard InChI is InChI=1S/C14H22BrN3O2S/c1-16-10-12-3-4-13(14(15)9-12)11-17-5-7-18(8-6-17)21(2,19)20/h3-4,9,16H,5-8,10-11H2,1-2H3. The normalized spacial score (nSPS) is 18.0. The lowest BCUT2D eigenvalue weighted by Crippen LogP contribution is -2.47. The maximum Gasteiger partial charge on any atom is 0.211 e. The number of hydrogen-bond donors (Lipinski definition) is 1. The van der Waals surface area contributed by atoms with E-state index in [-0.39, 0.29) is 0 Å². The second-order valence-electron chi connectivity index (χ2n) is 5.39. The van der Waals surface area contributed by atoms with Crippen LogP contribution in [0.25, 0.3) is 0 Å². The number of rotatable bonds is 5. The van der Waals surface area contributed by atoms with E-state index in [0.29, 0.717) is 13.1 Å². The van der Waals surface area contributed by atoms with Crippen molar-refractivity contribution >= 4 is 26.0 Å². The van der Waals surface area contributed by atoms with Crippen LogP contribution >= 0.6 is 15.9 Å². The van der Waals surface area contributed by atoms with Gasteiger partial charge in [-0.25, -0.2) is 8.42 Å². The van der Waals surface area contributed by atoms with Crippen LogP contribution in [0.3, 0.4) is 0 Å². The van der Waals surface area contributed by atoms with Gasteiger partial charge in [0.05, 0.1) is 6.26 Å². The Bertz CT molecular complexity index is 584. The molecule has 1 fully saturated rings. The van der Waals surface area contributed by atoms with Gasteiger partial charge in [-0.05, 0) is 24.2 Å². The lowest BCUT2D eigenvalue weighted by molar-refractivity contribution is 0.182. The quantitative estimate of drug-likeness (QED) is 0.841. The number of nitrogens with one attached hydrogen (secondary N) is 1. The van der Waals surface area contributed by atoms with Gasteiger partial charge in [0.15, 0.2) is 0 Å². The Hall–Kier alpha value is -0.470. The van der Waals surface area contributed by atoms with Gasteiger partial charge in [0.2, 0.25) is 10.0 Å². The summed E-state index contributed by atoms with van der Waals surface area (Å²) in [5.74, 6) is 0. The van der Waals surface area contributed by atoms with Gasteiger partial charge in [-0.15, -0.1) is 0 Å². The maximum atomic E-state index is 11.5. The second kappa shape index (κ2) is 7.19. The third kappa shape index (κ3) is 4.75. The highest BCUT2D eigenvalue weighted by Gasteiger charge is 2.23. The number of nitrogens with zero attached hydrogens (tertiary/aromatic N) is 2. The average molecular weight is 376 g/mol. The fourth-order valence-corrected chi connectivity index (χ4v) is 3.87. The summed E-state index contributed by atoms with van der Waals surface area (Å²) in [6, 6.07) is 6.40. The number of halogens is 1. The molecule has 1 aliphatic rings. The number of sulfonamides is 1. The van der Waals surface area contributed by atoms with Gasteiger partial charge in [0.25, 0.3) is 0 Å². The lowest BCUT2D eigenvalue weighted by Gasteiger charge is -2.33. The number of piperazine rings is 1. The molecule has 0 aromatic heterocycles. The third-order valence-electron chi connectivity index (χ3n) is 3.69. The smallest absolute Gasteiger partial charge is 0.211 e. The molecule has 2 rings (SSSR count). The minimum absolute atomic E-state index is 0.578. The Morgan fingerprint density at radius 3 is 2.43 bits per heavy atom. The molecule has 1 aromatic rings. The zero-order valence-corrected chi connectivity index (χ0v) is 14.9. The summed E-state index contributed by atoms with van der Waals surface area (Å²) in [6.45, 7) is 4.40. The summed E-state index contributed by atoms with van der Waals surface area (Å²) in [4.78, 5) is 2.29. The monoisotopic (exact) mass is 375 g/mol. The first-order valence-electron chi connectivity index (χ1n) is 6.99. The Balaban J connectivity index is 1.94. The van der Waals surface area contributed by atoms with E-state index >= 15 is 0 Å². The molecular weight excluding hydrogens is 354 g/mol. The molecule has 0 unspecified atom stereocenters. The van der Waals surface area contributed by atoms with Crippen LogP contribution in [0.4, 0.5) is 0 Å². The molecule has 0 spiro atoms. The molecule has 21 heavy (non-hydrogen) atoms. The van der Waals surface area contributed by atoms with E-state index in [2.05, 4.69) is 44.3 Å². The third-order valence-corrected chi connectivity index (χ3v) is 5.73. The van der Waals surface area contributed by atoms with Crippen molar-refractivity contribution in [3.8, 4) is 0 Å². The molecule has 0 radical (unpaired) electrons. The Labute approximate surface area is 135 Å². The van der Waals surface area contributed by atoms with E-state index in [4.69, 9.17) is 0 Å². The first kappa shape index (κ1) is 16.9. The van der Waals surface area contributed by atoms with Gasteiger partial charge in [0.1, 0.15) is 0 Å². The van der Waals surface area contributed by atoms with Crippen LogP contribution in [0.5, 0.6) is 0 Å². The average Bonchev–Trinajstić information content (AvgIpc) is 2.42. The SMILES string of the molecule is CNCc1ccc(CN2CCN(S(C)(=O)=O)CC2)c(Br)c1. The highest BCUT2D eigenvalue weighted by Crippen LogP contribution is 2.21. The van der Waals surface area contributed by atoms with Crippen molar-refractivity contribution in [1.29, 1.82) is 0 Å². The van der Waals surface area contributed by atoms with E-state index in [1.165, 1.54) is 17.4 Å². The Morgan fingerprint density at radius 1 is 1.24 bits per heavy atom. The van der Waals surface area contributed by atoms with Gasteiger partial charge in [0, 0.05) is 43.7 Å². The largest absolute Gasteiger partial charge is 0.316 e. The molecule has 0 bridgehead atoms. The van der Waals surface area contributed by atoms with Crippen LogP contribution in [0.1, 0.15) is 11.1 Å². The highest BCUT2D eigenvalue weighted by atomic mass is 79.9. The molecule has 0 aliphatic carbocycles. The zero-order valence-electron chi connectivity index (χ0n) is 12.5. The van der Waals surface area contributed by atoms with Crippen molar-refractivity contribution in [1.82, 2.24) is 14.5 Å². The van der Waals surface area contributed by atoms with Crippen molar-refractivity contribution in [2.75, 3.05) is 39.5 Å². The fourth-order valence-electron chi connectivity index (χ4n) is 2.49. The first-order chi connectivity index (χ1) is 9.90. The first-order valence-corrected chi connectivity index (χ1v) is 9.63. The van der Waals surface area contributed by atoms with Gasteiger partial charge >= 0.3 is 0 Å². The topological polar surface area (TPSA) is 52.6 Å². The molecule has 1 heterocycles. The van der Waals surface area contributed by atoms with E-state index < -0.39 is 10.0 Å².